The number of hydrogen-bond donors (Lipinski definition) is 3. The van der Waals surface area contributed by atoms with Crippen LogP contribution in [0.15, 0.2) is 4.99 Å². The minimum absolute atomic E-state index is 0.138. The van der Waals surface area contributed by atoms with Gasteiger partial charge in [-0.25, -0.2) is 8.78 Å². The molecule has 1 rings (SSSR count). The number of nitrogens with one attached hydrogen (secondary N) is 2. The van der Waals surface area contributed by atoms with Crippen LogP contribution in [0.1, 0.15) is 46.5 Å². The van der Waals surface area contributed by atoms with Gasteiger partial charge in [0.25, 0.3) is 6.43 Å². The van der Waals surface area contributed by atoms with Crippen molar-refractivity contribution in [1.82, 2.24) is 15.5 Å². The first-order valence-corrected chi connectivity index (χ1v) is 8.70. The Morgan fingerprint density at radius 1 is 1.26 bits per heavy atom. The Morgan fingerprint density at radius 3 is 2.35 bits per heavy atom. The lowest BCUT2D eigenvalue weighted by Gasteiger charge is -2.33. The van der Waals surface area contributed by atoms with E-state index in [1.807, 2.05) is 20.8 Å². The first-order valence-electron chi connectivity index (χ1n) is 8.70. The average molecular weight is 334 g/mol. The molecule has 3 N–H and O–H groups in total. The summed E-state index contributed by atoms with van der Waals surface area (Å²) in [4.78, 5) is 6.30. The van der Waals surface area contributed by atoms with Gasteiger partial charge >= 0.3 is 0 Å². The van der Waals surface area contributed by atoms with Crippen LogP contribution in [0.3, 0.4) is 0 Å². The number of guanidine groups is 1. The lowest BCUT2D eigenvalue weighted by Crippen LogP contribution is -2.49. The highest BCUT2D eigenvalue weighted by molar-refractivity contribution is 5.80. The van der Waals surface area contributed by atoms with Crippen LogP contribution in [0.4, 0.5) is 8.78 Å². The Labute approximate surface area is 138 Å². The molecule has 0 unspecified atom stereocenters. The van der Waals surface area contributed by atoms with Crippen molar-refractivity contribution in [2.45, 2.75) is 64.5 Å². The van der Waals surface area contributed by atoms with Crippen LogP contribution in [0.2, 0.25) is 0 Å². The summed E-state index contributed by atoms with van der Waals surface area (Å²) >= 11 is 0. The fourth-order valence-electron chi connectivity index (χ4n) is 2.67. The number of alkyl halides is 2. The van der Waals surface area contributed by atoms with Crippen molar-refractivity contribution >= 4 is 5.96 Å². The molecule has 1 fully saturated rings. The number of rotatable bonds is 8. The van der Waals surface area contributed by atoms with Gasteiger partial charge in [0.15, 0.2) is 5.96 Å². The smallest absolute Gasteiger partial charge is 0.251 e. The van der Waals surface area contributed by atoms with Crippen LogP contribution in [-0.2, 0) is 0 Å². The van der Waals surface area contributed by atoms with E-state index in [0.29, 0.717) is 38.4 Å². The van der Waals surface area contributed by atoms with Crippen molar-refractivity contribution in [3.05, 3.63) is 0 Å². The maximum Gasteiger partial charge on any atom is 0.251 e. The number of hydrogen-bond acceptors (Lipinski definition) is 3. The molecule has 0 aromatic carbocycles. The fourth-order valence-corrected chi connectivity index (χ4v) is 2.67. The Bertz CT molecular complexity index is 354. The molecule has 0 amide bonds. The van der Waals surface area contributed by atoms with Gasteiger partial charge in [0, 0.05) is 25.7 Å². The molecule has 1 saturated heterocycles. The number of likely N-dealkylation sites (tertiary alicyclic amines) is 1. The molecule has 0 aliphatic carbocycles. The minimum Gasteiger partial charge on any atom is -0.388 e. The zero-order valence-corrected chi connectivity index (χ0v) is 14.6. The molecule has 1 heterocycles. The molecule has 7 heteroatoms. The van der Waals surface area contributed by atoms with Gasteiger partial charge in [-0.15, -0.1) is 0 Å². The largest absolute Gasteiger partial charge is 0.388 e. The number of piperidine rings is 1. The second-order valence-corrected chi connectivity index (χ2v) is 6.24. The summed E-state index contributed by atoms with van der Waals surface area (Å²) in [6, 6.07) is 0.234. The predicted octanol–water partition coefficient (Wildman–Crippen LogP) is 1.82. The van der Waals surface area contributed by atoms with E-state index in [1.165, 1.54) is 0 Å². The lowest BCUT2D eigenvalue weighted by molar-refractivity contribution is 0.0417. The standard InChI is InChI=1S/C16H32F2N4O/c1-4-16(23,5-2)12-20-15(19-6-3)21-13-7-9-22(10-8-13)11-14(17)18/h13-14,23H,4-12H2,1-3H3,(H2,19,20,21). The molecule has 1 aliphatic rings. The van der Waals surface area contributed by atoms with Gasteiger partial charge in [-0.1, -0.05) is 13.8 Å². The molecule has 0 atom stereocenters. The van der Waals surface area contributed by atoms with E-state index < -0.39 is 12.0 Å². The quantitative estimate of drug-likeness (QED) is 0.468. The Kier molecular flexibility index (Phi) is 8.76. The van der Waals surface area contributed by atoms with E-state index in [4.69, 9.17) is 0 Å². The molecule has 23 heavy (non-hydrogen) atoms. The van der Waals surface area contributed by atoms with Crippen LogP contribution in [0, 0.1) is 0 Å². The van der Waals surface area contributed by atoms with Crippen LogP contribution in [0.5, 0.6) is 0 Å². The molecular formula is C16H32F2N4O. The zero-order chi connectivity index (χ0) is 17.3. The van der Waals surface area contributed by atoms with E-state index >= 15 is 0 Å². The maximum absolute atomic E-state index is 12.4. The number of halogens is 2. The van der Waals surface area contributed by atoms with Crippen molar-refractivity contribution in [3.63, 3.8) is 0 Å². The molecule has 0 aromatic heterocycles. The van der Waals surface area contributed by atoms with Crippen molar-refractivity contribution in [1.29, 1.82) is 0 Å². The van der Waals surface area contributed by atoms with E-state index in [1.54, 1.807) is 4.90 Å². The first kappa shape index (κ1) is 20.1. The summed E-state index contributed by atoms with van der Waals surface area (Å²) in [5.41, 5.74) is -0.761. The number of aliphatic hydroxyl groups is 1. The third kappa shape index (κ3) is 7.44. The SMILES string of the molecule is CCNC(=NCC(O)(CC)CC)NC1CCN(CC(F)F)CC1. The van der Waals surface area contributed by atoms with Crippen molar-refractivity contribution in [2.24, 2.45) is 4.99 Å². The first-order chi connectivity index (χ1) is 10.9. The second kappa shape index (κ2) is 10.0. The van der Waals surface area contributed by atoms with E-state index in [0.717, 1.165) is 19.4 Å². The van der Waals surface area contributed by atoms with Crippen molar-refractivity contribution in [3.8, 4) is 0 Å². The van der Waals surface area contributed by atoms with Crippen LogP contribution < -0.4 is 10.6 Å². The topological polar surface area (TPSA) is 59.9 Å². The zero-order valence-electron chi connectivity index (χ0n) is 14.6. The molecule has 136 valence electrons. The predicted molar refractivity (Wildman–Crippen MR) is 90.1 cm³/mol. The van der Waals surface area contributed by atoms with Crippen LogP contribution in [-0.4, -0.2) is 66.8 Å². The highest BCUT2D eigenvalue weighted by Crippen LogP contribution is 2.15. The molecule has 0 spiro atoms. The molecule has 0 saturated carbocycles. The third-order valence-corrected chi connectivity index (χ3v) is 4.52. The molecule has 0 radical (unpaired) electrons. The Balaban J connectivity index is 2.50. The summed E-state index contributed by atoms with van der Waals surface area (Å²) in [7, 11) is 0. The Morgan fingerprint density at radius 2 is 1.87 bits per heavy atom. The molecule has 0 aromatic rings. The summed E-state index contributed by atoms with van der Waals surface area (Å²) in [6.45, 7) is 8.22. The summed E-state index contributed by atoms with van der Waals surface area (Å²) in [5, 5.41) is 16.9. The summed E-state index contributed by atoms with van der Waals surface area (Å²) < 4.78 is 24.8. The lowest BCUT2D eigenvalue weighted by atomic mass is 9.98. The van der Waals surface area contributed by atoms with Crippen LogP contribution in [0.25, 0.3) is 0 Å². The number of nitrogens with zero attached hydrogens (tertiary/aromatic N) is 2. The maximum atomic E-state index is 12.4. The number of aliphatic imine (C=N–C) groups is 1. The second-order valence-electron chi connectivity index (χ2n) is 6.24. The van der Waals surface area contributed by atoms with Gasteiger partial charge in [-0.2, -0.15) is 0 Å². The summed E-state index contributed by atoms with van der Waals surface area (Å²) in [6.07, 6.45) is 0.710. The molecule has 5 nitrogen and oxygen atoms in total. The van der Waals surface area contributed by atoms with Crippen LogP contribution >= 0.6 is 0 Å². The molecule has 1 aliphatic heterocycles. The Hall–Kier alpha value is -0.950. The van der Waals surface area contributed by atoms with E-state index in [2.05, 4.69) is 15.6 Å². The van der Waals surface area contributed by atoms with Gasteiger partial charge in [-0.3, -0.25) is 9.89 Å². The fraction of sp³-hybridized carbons (Fsp3) is 0.938. The van der Waals surface area contributed by atoms with Crippen molar-refractivity contribution in [2.75, 3.05) is 32.7 Å². The molecule has 0 bridgehead atoms. The summed E-state index contributed by atoms with van der Waals surface area (Å²) in [5.74, 6) is 0.695. The monoisotopic (exact) mass is 334 g/mol. The molecular weight excluding hydrogens is 302 g/mol. The normalized spacial score (nSPS) is 18.5. The average Bonchev–Trinajstić information content (AvgIpc) is 2.54. The van der Waals surface area contributed by atoms with Crippen molar-refractivity contribution < 1.29 is 13.9 Å². The van der Waals surface area contributed by atoms with E-state index in [-0.39, 0.29) is 12.6 Å². The van der Waals surface area contributed by atoms with Gasteiger partial charge in [0.2, 0.25) is 0 Å². The highest BCUT2D eigenvalue weighted by Gasteiger charge is 2.24. The van der Waals surface area contributed by atoms with Gasteiger partial charge < -0.3 is 15.7 Å². The highest BCUT2D eigenvalue weighted by atomic mass is 19.3. The van der Waals surface area contributed by atoms with Gasteiger partial charge in [0.05, 0.1) is 18.7 Å². The van der Waals surface area contributed by atoms with Gasteiger partial charge in [-0.05, 0) is 32.6 Å². The minimum atomic E-state index is -2.26. The van der Waals surface area contributed by atoms with E-state index in [9.17, 15) is 13.9 Å². The third-order valence-electron chi connectivity index (χ3n) is 4.52. The van der Waals surface area contributed by atoms with Gasteiger partial charge in [0.1, 0.15) is 0 Å².